The summed E-state index contributed by atoms with van der Waals surface area (Å²) in [6.07, 6.45) is 6.59. The Bertz CT molecular complexity index is 205. The van der Waals surface area contributed by atoms with Gasteiger partial charge in [0.25, 0.3) is 0 Å². The third-order valence-electron chi connectivity index (χ3n) is 5.03. The van der Waals surface area contributed by atoms with Gasteiger partial charge in [-0.1, -0.05) is 13.8 Å². The molecule has 0 spiro atoms. The van der Waals surface area contributed by atoms with Crippen LogP contribution in [0.15, 0.2) is 0 Å². The van der Waals surface area contributed by atoms with Crippen molar-refractivity contribution in [2.45, 2.75) is 64.6 Å². The standard InChI is InChI=1S/C14H26O2/c1-9-3-4-12(8-14(9)16)11-5-6-13(15)10(2)7-11/h9-16H,3-8H2,1-2H3. The van der Waals surface area contributed by atoms with Crippen LogP contribution in [-0.4, -0.2) is 22.4 Å². The second kappa shape index (κ2) is 5.05. The van der Waals surface area contributed by atoms with Gasteiger partial charge in [-0.3, -0.25) is 0 Å². The van der Waals surface area contributed by atoms with Crippen LogP contribution in [0.4, 0.5) is 0 Å². The van der Waals surface area contributed by atoms with Gasteiger partial charge in [-0.05, 0) is 62.2 Å². The highest BCUT2D eigenvalue weighted by atomic mass is 16.3. The van der Waals surface area contributed by atoms with Gasteiger partial charge in [0.15, 0.2) is 0 Å². The van der Waals surface area contributed by atoms with Crippen molar-refractivity contribution in [3.8, 4) is 0 Å². The summed E-state index contributed by atoms with van der Waals surface area (Å²) in [4.78, 5) is 0. The van der Waals surface area contributed by atoms with E-state index in [0.29, 0.717) is 17.8 Å². The van der Waals surface area contributed by atoms with Crippen LogP contribution >= 0.6 is 0 Å². The average molecular weight is 226 g/mol. The van der Waals surface area contributed by atoms with Crippen molar-refractivity contribution in [2.75, 3.05) is 0 Å². The quantitative estimate of drug-likeness (QED) is 0.721. The van der Waals surface area contributed by atoms with Crippen molar-refractivity contribution in [1.82, 2.24) is 0 Å². The monoisotopic (exact) mass is 226 g/mol. The lowest BCUT2D eigenvalue weighted by atomic mass is 9.68. The third kappa shape index (κ3) is 2.60. The molecule has 0 aliphatic heterocycles. The summed E-state index contributed by atoms with van der Waals surface area (Å²) < 4.78 is 0. The minimum absolute atomic E-state index is 0.0799. The molecular formula is C14H26O2. The van der Waals surface area contributed by atoms with Gasteiger partial charge in [0, 0.05) is 0 Å². The van der Waals surface area contributed by atoms with Crippen LogP contribution in [0.3, 0.4) is 0 Å². The largest absolute Gasteiger partial charge is 0.393 e. The molecule has 0 bridgehead atoms. The van der Waals surface area contributed by atoms with E-state index in [1.807, 2.05) is 0 Å². The lowest BCUT2D eigenvalue weighted by Gasteiger charge is -2.40. The Morgan fingerprint density at radius 2 is 1.31 bits per heavy atom. The smallest absolute Gasteiger partial charge is 0.0568 e. The van der Waals surface area contributed by atoms with E-state index in [-0.39, 0.29) is 12.2 Å². The number of aliphatic hydroxyl groups excluding tert-OH is 2. The Hall–Kier alpha value is -0.0800. The zero-order valence-corrected chi connectivity index (χ0v) is 10.6. The van der Waals surface area contributed by atoms with Gasteiger partial charge < -0.3 is 10.2 Å². The van der Waals surface area contributed by atoms with Crippen molar-refractivity contribution in [1.29, 1.82) is 0 Å². The van der Waals surface area contributed by atoms with Crippen LogP contribution in [-0.2, 0) is 0 Å². The zero-order chi connectivity index (χ0) is 11.7. The van der Waals surface area contributed by atoms with Crippen molar-refractivity contribution in [3.63, 3.8) is 0 Å². The maximum atomic E-state index is 9.95. The van der Waals surface area contributed by atoms with E-state index < -0.39 is 0 Å². The fourth-order valence-electron chi connectivity index (χ4n) is 3.61. The summed E-state index contributed by atoms with van der Waals surface area (Å²) in [6, 6.07) is 0. The molecule has 94 valence electrons. The molecule has 2 aliphatic rings. The highest BCUT2D eigenvalue weighted by Gasteiger charge is 2.35. The number of rotatable bonds is 1. The molecule has 6 atom stereocenters. The maximum absolute atomic E-state index is 9.95. The predicted octanol–water partition coefficient (Wildman–Crippen LogP) is 2.58. The second-order valence-electron chi connectivity index (χ2n) is 6.24. The summed E-state index contributed by atoms with van der Waals surface area (Å²) in [7, 11) is 0. The molecule has 0 aromatic carbocycles. The van der Waals surface area contributed by atoms with Gasteiger partial charge in [-0.2, -0.15) is 0 Å². The van der Waals surface area contributed by atoms with Gasteiger partial charge in [0.2, 0.25) is 0 Å². The normalized spacial score (nSPS) is 50.2. The minimum atomic E-state index is -0.0825. The molecule has 2 aliphatic carbocycles. The molecule has 0 amide bonds. The first kappa shape index (κ1) is 12.4. The highest BCUT2D eigenvalue weighted by molar-refractivity contribution is 4.86. The van der Waals surface area contributed by atoms with E-state index in [1.165, 1.54) is 12.8 Å². The first-order valence-electron chi connectivity index (χ1n) is 6.94. The van der Waals surface area contributed by atoms with Gasteiger partial charge >= 0.3 is 0 Å². The Morgan fingerprint density at radius 1 is 0.688 bits per heavy atom. The van der Waals surface area contributed by atoms with E-state index >= 15 is 0 Å². The van der Waals surface area contributed by atoms with E-state index in [0.717, 1.165) is 31.6 Å². The Balaban J connectivity index is 1.88. The van der Waals surface area contributed by atoms with Crippen LogP contribution in [0.25, 0.3) is 0 Å². The lowest BCUT2D eigenvalue weighted by Crippen LogP contribution is -2.36. The van der Waals surface area contributed by atoms with Gasteiger partial charge in [0.05, 0.1) is 12.2 Å². The molecule has 2 nitrogen and oxygen atoms in total. The fraction of sp³-hybridized carbons (Fsp3) is 1.00. The molecule has 2 rings (SSSR count). The lowest BCUT2D eigenvalue weighted by molar-refractivity contribution is -0.0000721. The molecule has 2 fully saturated rings. The molecule has 2 N–H and O–H groups in total. The van der Waals surface area contributed by atoms with Crippen molar-refractivity contribution < 1.29 is 10.2 Å². The summed E-state index contributed by atoms with van der Waals surface area (Å²) in [5.74, 6) is 2.40. The first-order valence-corrected chi connectivity index (χ1v) is 6.94. The predicted molar refractivity (Wildman–Crippen MR) is 65.0 cm³/mol. The minimum Gasteiger partial charge on any atom is -0.393 e. The van der Waals surface area contributed by atoms with E-state index in [4.69, 9.17) is 0 Å². The number of aliphatic hydroxyl groups is 2. The molecule has 0 saturated heterocycles. The Labute approximate surface area is 99.1 Å². The Kier molecular flexibility index (Phi) is 3.91. The van der Waals surface area contributed by atoms with Gasteiger partial charge in [0.1, 0.15) is 0 Å². The van der Waals surface area contributed by atoms with Crippen LogP contribution < -0.4 is 0 Å². The maximum Gasteiger partial charge on any atom is 0.0568 e. The van der Waals surface area contributed by atoms with E-state index in [2.05, 4.69) is 13.8 Å². The van der Waals surface area contributed by atoms with Gasteiger partial charge in [-0.25, -0.2) is 0 Å². The number of hydrogen-bond donors (Lipinski definition) is 2. The summed E-state index contributed by atoms with van der Waals surface area (Å²) in [5, 5.41) is 19.7. The van der Waals surface area contributed by atoms with E-state index in [9.17, 15) is 10.2 Å². The first-order chi connectivity index (χ1) is 7.58. The second-order valence-corrected chi connectivity index (χ2v) is 6.24. The van der Waals surface area contributed by atoms with Crippen LogP contribution in [0, 0.1) is 23.7 Å². The van der Waals surface area contributed by atoms with Gasteiger partial charge in [-0.15, -0.1) is 0 Å². The fourth-order valence-corrected chi connectivity index (χ4v) is 3.61. The zero-order valence-electron chi connectivity index (χ0n) is 10.6. The molecule has 16 heavy (non-hydrogen) atoms. The summed E-state index contributed by atoms with van der Waals surface area (Å²) >= 11 is 0. The summed E-state index contributed by atoms with van der Waals surface area (Å²) in [5.41, 5.74) is 0. The number of hydrogen-bond acceptors (Lipinski definition) is 2. The van der Waals surface area contributed by atoms with Crippen molar-refractivity contribution in [2.24, 2.45) is 23.7 Å². The SMILES string of the molecule is CC1CC(C2CCC(C)C(O)C2)CCC1O. The molecule has 2 heteroatoms. The molecular weight excluding hydrogens is 200 g/mol. The molecule has 0 aromatic heterocycles. The van der Waals surface area contributed by atoms with Crippen molar-refractivity contribution in [3.05, 3.63) is 0 Å². The highest BCUT2D eigenvalue weighted by Crippen LogP contribution is 2.41. The molecule has 0 heterocycles. The molecule has 6 unspecified atom stereocenters. The van der Waals surface area contributed by atoms with Crippen LogP contribution in [0.1, 0.15) is 52.4 Å². The molecule has 2 saturated carbocycles. The molecule has 0 radical (unpaired) electrons. The van der Waals surface area contributed by atoms with Crippen LogP contribution in [0.5, 0.6) is 0 Å². The molecule has 0 aromatic rings. The van der Waals surface area contributed by atoms with E-state index in [1.54, 1.807) is 0 Å². The van der Waals surface area contributed by atoms with Crippen LogP contribution in [0.2, 0.25) is 0 Å². The summed E-state index contributed by atoms with van der Waals surface area (Å²) in [6.45, 7) is 4.33. The average Bonchev–Trinajstić information content (AvgIpc) is 2.26. The third-order valence-corrected chi connectivity index (χ3v) is 5.03. The topological polar surface area (TPSA) is 40.5 Å². The van der Waals surface area contributed by atoms with Crippen molar-refractivity contribution >= 4 is 0 Å². The Morgan fingerprint density at radius 3 is 1.94 bits per heavy atom.